The number of halogens is 3. The van der Waals surface area contributed by atoms with E-state index in [1.165, 1.54) is 6.92 Å². The van der Waals surface area contributed by atoms with Gasteiger partial charge in [0.15, 0.2) is 6.61 Å². The first-order valence-corrected chi connectivity index (χ1v) is 7.72. The highest BCUT2D eigenvalue weighted by Crippen LogP contribution is 2.30. The van der Waals surface area contributed by atoms with Gasteiger partial charge in [0.1, 0.15) is 11.9 Å². The fraction of sp³-hybridized carbons (Fsp3) is 0.471. The van der Waals surface area contributed by atoms with Crippen molar-refractivity contribution in [1.29, 1.82) is 0 Å². The van der Waals surface area contributed by atoms with Crippen LogP contribution in [0.5, 0.6) is 5.75 Å². The normalized spacial score (nSPS) is 12.4. The van der Waals surface area contributed by atoms with Crippen LogP contribution in [0.2, 0.25) is 0 Å². The van der Waals surface area contributed by atoms with E-state index >= 15 is 0 Å². The predicted octanol–water partition coefficient (Wildman–Crippen LogP) is 2.93. The number of esters is 2. The first kappa shape index (κ1) is 21.5. The van der Waals surface area contributed by atoms with Crippen molar-refractivity contribution in [2.75, 3.05) is 6.61 Å². The lowest BCUT2D eigenvalue weighted by Crippen LogP contribution is -2.27. The minimum Gasteiger partial charge on any atom is -0.490 e. The van der Waals surface area contributed by atoms with Crippen LogP contribution in [-0.4, -0.2) is 36.5 Å². The Morgan fingerprint density at radius 3 is 2.12 bits per heavy atom. The van der Waals surface area contributed by atoms with Crippen molar-refractivity contribution in [2.45, 2.75) is 45.6 Å². The van der Waals surface area contributed by atoms with Crippen LogP contribution in [0.4, 0.5) is 13.2 Å². The summed E-state index contributed by atoms with van der Waals surface area (Å²) in [6, 6.07) is 3.99. The summed E-state index contributed by atoms with van der Waals surface area (Å²) in [6.07, 6.45) is -5.89. The Kier molecular flexibility index (Phi) is 7.60. The quantitative estimate of drug-likeness (QED) is 0.513. The summed E-state index contributed by atoms with van der Waals surface area (Å²) in [4.78, 5) is 34.3. The Bertz CT molecular complexity index is 637. The monoisotopic (exact) mass is 376 g/mol. The van der Waals surface area contributed by atoms with Gasteiger partial charge >= 0.3 is 18.1 Å². The number of hydrogen-bond acceptors (Lipinski definition) is 6. The van der Waals surface area contributed by atoms with Gasteiger partial charge in [0.25, 0.3) is 5.78 Å². The van der Waals surface area contributed by atoms with E-state index in [0.717, 1.165) is 24.3 Å². The van der Waals surface area contributed by atoms with E-state index in [9.17, 15) is 27.6 Å². The summed E-state index contributed by atoms with van der Waals surface area (Å²) in [7, 11) is 0. The molecular formula is C17H19F3O6. The molecule has 1 rings (SSSR count). The van der Waals surface area contributed by atoms with Crippen molar-refractivity contribution in [1.82, 2.24) is 0 Å². The van der Waals surface area contributed by atoms with Crippen molar-refractivity contribution in [3.8, 4) is 5.75 Å². The van der Waals surface area contributed by atoms with Crippen LogP contribution in [0.1, 0.15) is 32.8 Å². The summed E-state index contributed by atoms with van der Waals surface area (Å²) in [5.74, 6) is -2.74. The molecule has 0 bridgehead atoms. The van der Waals surface area contributed by atoms with Crippen LogP contribution in [-0.2, 0) is 30.0 Å². The Hall–Kier alpha value is -2.58. The van der Waals surface area contributed by atoms with Gasteiger partial charge in [0.2, 0.25) is 0 Å². The van der Waals surface area contributed by atoms with Crippen molar-refractivity contribution in [2.24, 2.45) is 0 Å². The average Bonchev–Trinajstić information content (AvgIpc) is 2.51. The summed E-state index contributed by atoms with van der Waals surface area (Å²) < 4.78 is 52.0. The molecule has 0 aliphatic carbocycles. The van der Waals surface area contributed by atoms with Crippen molar-refractivity contribution in [3.05, 3.63) is 29.8 Å². The molecule has 144 valence electrons. The van der Waals surface area contributed by atoms with E-state index < -0.39 is 48.3 Å². The second-order valence-electron chi connectivity index (χ2n) is 5.69. The van der Waals surface area contributed by atoms with Gasteiger partial charge in [-0.1, -0.05) is 0 Å². The molecule has 9 heteroatoms. The number of ether oxygens (including phenoxy) is 3. The van der Waals surface area contributed by atoms with Crippen LogP contribution >= 0.6 is 0 Å². The number of Topliss-reactive ketones (excluding diaryl/α,β-unsaturated/α-hetero) is 1. The van der Waals surface area contributed by atoms with Gasteiger partial charge in [-0.2, -0.15) is 13.2 Å². The summed E-state index contributed by atoms with van der Waals surface area (Å²) in [5, 5.41) is 0. The van der Waals surface area contributed by atoms with E-state index in [2.05, 4.69) is 9.47 Å². The molecule has 0 fully saturated rings. The maximum absolute atomic E-state index is 12.5. The lowest BCUT2D eigenvalue weighted by atomic mass is 10.2. The van der Waals surface area contributed by atoms with Gasteiger partial charge in [0, 0.05) is 0 Å². The summed E-state index contributed by atoms with van der Waals surface area (Å²) in [5.41, 5.74) is -0.816. The van der Waals surface area contributed by atoms with Crippen LogP contribution in [0.25, 0.3) is 0 Å². The largest absolute Gasteiger partial charge is 0.490 e. The number of carbonyl (C=O) groups excluding carboxylic acids is 3. The van der Waals surface area contributed by atoms with Gasteiger partial charge in [-0.15, -0.1) is 0 Å². The molecule has 0 radical (unpaired) electrons. The van der Waals surface area contributed by atoms with Gasteiger partial charge in [-0.25, -0.2) is 4.79 Å². The Morgan fingerprint density at radius 2 is 1.62 bits per heavy atom. The van der Waals surface area contributed by atoms with Crippen molar-refractivity contribution in [3.63, 3.8) is 0 Å². The van der Waals surface area contributed by atoms with Gasteiger partial charge < -0.3 is 14.2 Å². The number of ketones is 1. The zero-order chi connectivity index (χ0) is 19.9. The maximum Gasteiger partial charge on any atom is 0.416 e. The molecule has 0 spiro atoms. The molecule has 1 unspecified atom stereocenters. The number of alkyl halides is 3. The summed E-state index contributed by atoms with van der Waals surface area (Å²) in [6.45, 7) is 3.89. The molecular weight excluding hydrogens is 357 g/mol. The zero-order valence-corrected chi connectivity index (χ0v) is 14.5. The fourth-order valence-electron chi connectivity index (χ4n) is 1.77. The van der Waals surface area contributed by atoms with E-state index in [1.54, 1.807) is 13.8 Å². The van der Waals surface area contributed by atoms with Crippen LogP contribution < -0.4 is 4.74 Å². The van der Waals surface area contributed by atoms with Crippen LogP contribution in [0.15, 0.2) is 24.3 Å². The third kappa shape index (κ3) is 7.54. The SMILES string of the molecule is CC(C)OC(=O)C(=O)COC(=O)CC(C)Oc1ccc(C(F)(F)F)cc1. The highest BCUT2D eigenvalue weighted by Gasteiger charge is 2.30. The summed E-state index contributed by atoms with van der Waals surface area (Å²) >= 11 is 0. The Labute approximate surface area is 148 Å². The smallest absolute Gasteiger partial charge is 0.416 e. The second kappa shape index (κ2) is 9.21. The molecule has 0 aliphatic heterocycles. The topological polar surface area (TPSA) is 78.9 Å². The molecule has 0 N–H and O–H groups in total. The molecule has 1 atom stereocenters. The molecule has 0 aliphatic rings. The first-order valence-electron chi connectivity index (χ1n) is 7.72. The Morgan fingerprint density at radius 1 is 1.04 bits per heavy atom. The molecule has 0 aromatic heterocycles. The van der Waals surface area contributed by atoms with Gasteiger partial charge in [-0.05, 0) is 45.0 Å². The number of carbonyl (C=O) groups is 3. The maximum atomic E-state index is 12.5. The van der Waals surface area contributed by atoms with Crippen LogP contribution in [0.3, 0.4) is 0 Å². The van der Waals surface area contributed by atoms with Gasteiger partial charge in [0.05, 0.1) is 18.1 Å². The lowest BCUT2D eigenvalue weighted by molar-refractivity contribution is -0.161. The molecule has 1 aromatic rings. The van der Waals surface area contributed by atoms with Crippen molar-refractivity contribution >= 4 is 17.7 Å². The third-order valence-electron chi connectivity index (χ3n) is 2.91. The molecule has 0 saturated heterocycles. The molecule has 6 nitrogen and oxygen atoms in total. The van der Waals surface area contributed by atoms with E-state index in [-0.39, 0.29) is 12.2 Å². The fourth-order valence-corrected chi connectivity index (χ4v) is 1.77. The highest BCUT2D eigenvalue weighted by molar-refractivity contribution is 6.34. The van der Waals surface area contributed by atoms with E-state index in [0.29, 0.717) is 0 Å². The first-order chi connectivity index (χ1) is 12.0. The minimum atomic E-state index is -4.45. The van der Waals surface area contributed by atoms with E-state index in [4.69, 9.17) is 4.74 Å². The second-order valence-corrected chi connectivity index (χ2v) is 5.69. The molecule has 0 heterocycles. The number of rotatable bonds is 8. The highest BCUT2D eigenvalue weighted by atomic mass is 19.4. The average molecular weight is 376 g/mol. The third-order valence-corrected chi connectivity index (χ3v) is 2.91. The van der Waals surface area contributed by atoms with E-state index in [1.807, 2.05) is 0 Å². The van der Waals surface area contributed by atoms with Crippen LogP contribution in [0, 0.1) is 0 Å². The van der Waals surface area contributed by atoms with Crippen molar-refractivity contribution < 1.29 is 41.8 Å². The Balaban J connectivity index is 2.43. The lowest BCUT2D eigenvalue weighted by Gasteiger charge is -2.15. The molecule has 1 aromatic carbocycles. The molecule has 26 heavy (non-hydrogen) atoms. The molecule has 0 amide bonds. The minimum absolute atomic E-state index is 0.148. The zero-order valence-electron chi connectivity index (χ0n) is 14.5. The standard InChI is InChI=1S/C17H19F3O6/c1-10(2)25-16(23)14(21)9-24-15(22)8-11(3)26-13-6-4-12(5-7-13)17(18,19)20/h4-7,10-11H,8-9H2,1-3H3. The van der Waals surface area contributed by atoms with Gasteiger partial charge in [-0.3, -0.25) is 9.59 Å². The number of benzene rings is 1. The number of hydrogen-bond donors (Lipinski definition) is 0. The molecule has 0 saturated carbocycles. The predicted molar refractivity (Wildman–Crippen MR) is 83.3 cm³/mol.